The van der Waals surface area contributed by atoms with Gasteiger partial charge in [0.1, 0.15) is 0 Å². The number of carbonyl (C=O) groups is 1. The van der Waals surface area contributed by atoms with Crippen molar-refractivity contribution in [2.45, 2.75) is 6.92 Å². The molecule has 2 rings (SSSR count). The third-order valence-corrected chi connectivity index (χ3v) is 3.82. The van der Waals surface area contributed by atoms with Crippen LogP contribution in [0.3, 0.4) is 0 Å². The number of rotatable bonds is 3. The summed E-state index contributed by atoms with van der Waals surface area (Å²) in [6.45, 7) is 1.71. The Bertz CT molecular complexity index is 681. The molecule has 1 heterocycles. The highest BCUT2D eigenvalue weighted by molar-refractivity contribution is 14.1. The van der Waals surface area contributed by atoms with Crippen LogP contribution in [0.5, 0.6) is 0 Å². The lowest BCUT2D eigenvalue weighted by Crippen LogP contribution is -2.02. The zero-order chi connectivity index (χ0) is 14.2. The molecular formula is C11H8IN3O4. The molecule has 19 heavy (non-hydrogen) atoms. The first-order chi connectivity index (χ1) is 8.91. The smallest absolute Gasteiger partial charge is 0.357 e. The molecule has 0 aliphatic rings. The Morgan fingerprint density at radius 1 is 1.53 bits per heavy atom. The second-order valence-corrected chi connectivity index (χ2v) is 4.82. The first-order valence-corrected chi connectivity index (χ1v) is 6.23. The van der Waals surface area contributed by atoms with Gasteiger partial charge in [-0.1, -0.05) is 6.07 Å². The first kappa shape index (κ1) is 13.5. The summed E-state index contributed by atoms with van der Waals surface area (Å²) in [4.78, 5) is 21.2. The van der Waals surface area contributed by atoms with Gasteiger partial charge in [-0.3, -0.25) is 10.1 Å². The number of carboxylic acids is 1. The molecule has 0 radical (unpaired) electrons. The molecule has 0 spiro atoms. The van der Waals surface area contributed by atoms with Crippen LogP contribution >= 0.6 is 22.6 Å². The maximum Gasteiger partial charge on any atom is 0.357 e. The van der Waals surface area contributed by atoms with E-state index < -0.39 is 10.9 Å². The van der Waals surface area contributed by atoms with Crippen LogP contribution in [0, 0.1) is 20.6 Å². The molecule has 0 amide bonds. The third-order valence-electron chi connectivity index (χ3n) is 2.53. The summed E-state index contributed by atoms with van der Waals surface area (Å²) in [5.74, 6) is -1.13. The number of aromatic nitrogens is 2. The van der Waals surface area contributed by atoms with Gasteiger partial charge >= 0.3 is 5.97 Å². The Balaban J connectivity index is 2.59. The topological polar surface area (TPSA) is 98.3 Å². The standard InChI is InChI=1S/C11H8IN3O4/c1-6-9(12)10(11(16)17)13-14(6)7-3-2-4-8(5-7)15(18)19/h2-5H,1H3,(H,16,17). The molecule has 98 valence electrons. The minimum atomic E-state index is -1.13. The summed E-state index contributed by atoms with van der Waals surface area (Å²) in [5.41, 5.74) is 0.944. The van der Waals surface area contributed by atoms with Gasteiger partial charge < -0.3 is 5.11 Å². The number of nitro groups is 1. The van der Waals surface area contributed by atoms with E-state index in [9.17, 15) is 14.9 Å². The largest absolute Gasteiger partial charge is 0.476 e. The van der Waals surface area contributed by atoms with E-state index in [-0.39, 0.29) is 11.4 Å². The lowest BCUT2D eigenvalue weighted by atomic mass is 10.3. The van der Waals surface area contributed by atoms with Crippen molar-refractivity contribution < 1.29 is 14.8 Å². The normalized spacial score (nSPS) is 10.4. The number of hydrogen-bond acceptors (Lipinski definition) is 4. The van der Waals surface area contributed by atoms with Crippen molar-refractivity contribution in [1.82, 2.24) is 9.78 Å². The Kier molecular flexibility index (Phi) is 3.51. The van der Waals surface area contributed by atoms with Gasteiger partial charge in [-0.2, -0.15) is 5.10 Å². The van der Waals surface area contributed by atoms with E-state index in [2.05, 4.69) is 5.10 Å². The Labute approximate surface area is 121 Å². The van der Waals surface area contributed by atoms with Crippen LogP contribution in [-0.4, -0.2) is 25.8 Å². The van der Waals surface area contributed by atoms with Crippen LogP contribution in [0.2, 0.25) is 0 Å². The number of halogens is 1. The van der Waals surface area contributed by atoms with Gasteiger partial charge in [0.15, 0.2) is 5.69 Å². The predicted molar refractivity (Wildman–Crippen MR) is 74.6 cm³/mol. The fourth-order valence-corrected chi connectivity index (χ4v) is 2.18. The van der Waals surface area contributed by atoms with E-state index in [0.717, 1.165) is 0 Å². The van der Waals surface area contributed by atoms with Crippen molar-refractivity contribution in [3.63, 3.8) is 0 Å². The molecule has 0 aliphatic heterocycles. The summed E-state index contributed by atoms with van der Waals surface area (Å²) in [6.07, 6.45) is 0. The fourth-order valence-electron chi connectivity index (χ4n) is 1.61. The average molecular weight is 373 g/mol. The number of aromatic carboxylic acids is 1. The van der Waals surface area contributed by atoms with Crippen LogP contribution in [0.4, 0.5) is 5.69 Å². The predicted octanol–water partition coefficient (Wildman–Crippen LogP) is 2.39. The maximum atomic E-state index is 11.0. The van der Waals surface area contributed by atoms with Crippen LogP contribution in [0.15, 0.2) is 24.3 Å². The van der Waals surface area contributed by atoms with Crippen LogP contribution in [-0.2, 0) is 0 Å². The van der Waals surface area contributed by atoms with Crippen molar-refractivity contribution >= 4 is 34.2 Å². The van der Waals surface area contributed by atoms with Crippen LogP contribution < -0.4 is 0 Å². The maximum absolute atomic E-state index is 11.0. The van der Waals surface area contributed by atoms with E-state index in [1.54, 1.807) is 13.0 Å². The van der Waals surface area contributed by atoms with Crippen LogP contribution in [0.25, 0.3) is 5.69 Å². The number of nitrogens with zero attached hydrogens (tertiary/aromatic N) is 3. The van der Waals surface area contributed by atoms with E-state index in [1.165, 1.54) is 22.9 Å². The van der Waals surface area contributed by atoms with Crippen molar-refractivity contribution in [2.24, 2.45) is 0 Å². The molecule has 0 fully saturated rings. The molecule has 7 nitrogen and oxygen atoms in total. The minimum absolute atomic E-state index is 0.0652. The lowest BCUT2D eigenvalue weighted by molar-refractivity contribution is -0.384. The molecule has 0 aliphatic carbocycles. The van der Waals surface area contributed by atoms with Gasteiger partial charge in [-0.15, -0.1) is 0 Å². The molecule has 0 atom stereocenters. The van der Waals surface area contributed by atoms with E-state index in [4.69, 9.17) is 5.11 Å². The average Bonchev–Trinajstić information content (AvgIpc) is 2.67. The van der Waals surface area contributed by atoms with E-state index >= 15 is 0 Å². The molecule has 0 saturated heterocycles. The van der Waals surface area contributed by atoms with E-state index in [0.29, 0.717) is 15.0 Å². The summed E-state index contributed by atoms with van der Waals surface area (Å²) >= 11 is 1.89. The summed E-state index contributed by atoms with van der Waals surface area (Å²) < 4.78 is 1.90. The number of nitro benzene ring substituents is 1. The van der Waals surface area contributed by atoms with Crippen molar-refractivity contribution in [3.8, 4) is 5.69 Å². The Morgan fingerprint density at radius 3 is 2.74 bits per heavy atom. The Hall–Kier alpha value is -1.97. The molecule has 1 aromatic heterocycles. The second-order valence-electron chi connectivity index (χ2n) is 3.74. The lowest BCUT2D eigenvalue weighted by Gasteiger charge is -2.03. The molecule has 0 bridgehead atoms. The Morgan fingerprint density at radius 2 is 2.21 bits per heavy atom. The molecule has 0 unspecified atom stereocenters. The number of benzene rings is 1. The fraction of sp³-hybridized carbons (Fsp3) is 0.0909. The minimum Gasteiger partial charge on any atom is -0.476 e. The SMILES string of the molecule is Cc1c(I)c(C(=O)O)nn1-c1cccc([N+](=O)[O-])c1. The molecule has 2 aromatic rings. The van der Waals surface area contributed by atoms with Crippen molar-refractivity contribution in [3.05, 3.63) is 49.3 Å². The van der Waals surface area contributed by atoms with Gasteiger partial charge in [0.2, 0.25) is 0 Å². The van der Waals surface area contributed by atoms with Crippen molar-refractivity contribution in [2.75, 3.05) is 0 Å². The highest BCUT2D eigenvalue weighted by Gasteiger charge is 2.19. The highest BCUT2D eigenvalue weighted by atomic mass is 127. The summed E-state index contributed by atoms with van der Waals surface area (Å²) in [5, 5.41) is 23.7. The molecule has 1 N–H and O–H groups in total. The monoisotopic (exact) mass is 373 g/mol. The first-order valence-electron chi connectivity index (χ1n) is 5.15. The zero-order valence-corrected chi connectivity index (χ0v) is 11.9. The quantitative estimate of drug-likeness (QED) is 0.506. The highest BCUT2D eigenvalue weighted by Crippen LogP contribution is 2.22. The van der Waals surface area contributed by atoms with Gasteiger partial charge in [-0.05, 0) is 35.6 Å². The summed E-state index contributed by atoms with van der Waals surface area (Å²) in [6, 6.07) is 5.88. The zero-order valence-electron chi connectivity index (χ0n) is 9.70. The number of hydrogen-bond donors (Lipinski definition) is 1. The third kappa shape index (κ3) is 2.43. The molecule has 8 heteroatoms. The van der Waals surface area contributed by atoms with Crippen LogP contribution in [0.1, 0.15) is 16.2 Å². The molecule has 1 aromatic carbocycles. The second kappa shape index (κ2) is 4.96. The van der Waals surface area contributed by atoms with Gasteiger partial charge in [0.05, 0.1) is 19.9 Å². The molecule has 0 saturated carbocycles. The number of non-ortho nitro benzene ring substituents is 1. The van der Waals surface area contributed by atoms with Gasteiger partial charge in [0, 0.05) is 12.1 Å². The van der Waals surface area contributed by atoms with E-state index in [1.807, 2.05) is 22.6 Å². The molecular weight excluding hydrogens is 365 g/mol. The summed E-state index contributed by atoms with van der Waals surface area (Å²) in [7, 11) is 0. The van der Waals surface area contributed by atoms with Crippen molar-refractivity contribution in [1.29, 1.82) is 0 Å². The van der Waals surface area contributed by atoms with Gasteiger partial charge in [-0.25, -0.2) is 9.48 Å². The number of carboxylic acid groups (broad SMARTS) is 1. The van der Waals surface area contributed by atoms with Gasteiger partial charge in [0.25, 0.3) is 5.69 Å².